The summed E-state index contributed by atoms with van der Waals surface area (Å²) in [7, 11) is 1.44. The molecule has 2 aromatic rings. The van der Waals surface area contributed by atoms with E-state index in [2.05, 4.69) is 15.8 Å². The van der Waals surface area contributed by atoms with Crippen molar-refractivity contribution in [2.75, 3.05) is 12.4 Å². The third-order valence-electron chi connectivity index (χ3n) is 11.8. The van der Waals surface area contributed by atoms with Gasteiger partial charge in [-0.25, -0.2) is 0 Å². The molecule has 316 valence electrons. The summed E-state index contributed by atoms with van der Waals surface area (Å²) in [6, 6.07) is 0.0806. The lowest BCUT2D eigenvalue weighted by Gasteiger charge is -2.38. The molecule has 5 bridgehead atoms. The molecular weight excluding hydrogens is 750 g/mol. The Labute approximate surface area is 338 Å². The molecule has 1 fully saturated rings. The van der Waals surface area contributed by atoms with Gasteiger partial charge < -0.3 is 55.2 Å². The SMILES string of the molecule is COC1/C=C/OC2(C)Oc3c(C)c(O)c4c(O)c(c(C=NNC5CCCC5)c(O)c4c3C2=O)NC(=O)/C(C)=C/C=C/C(C)C(O)C(C)C(O)C(C)C(OC(C)=O)C1C. The highest BCUT2D eigenvalue weighted by atomic mass is 16.7. The molecule has 0 aromatic heterocycles. The van der Waals surface area contributed by atoms with Crippen molar-refractivity contribution in [1.82, 2.24) is 5.43 Å². The van der Waals surface area contributed by atoms with Crippen LogP contribution in [0.25, 0.3) is 10.8 Å². The molecule has 58 heavy (non-hydrogen) atoms. The van der Waals surface area contributed by atoms with Crippen LogP contribution in [0.2, 0.25) is 0 Å². The van der Waals surface area contributed by atoms with Gasteiger partial charge in [-0.2, -0.15) is 5.10 Å². The van der Waals surface area contributed by atoms with Crippen LogP contribution in [-0.2, 0) is 23.8 Å². The fraction of sp³-hybridized carbons (Fsp3) is 0.535. The lowest BCUT2D eigenvalue weighted by molar-refractivity contribution is -0.160. The summed E-state index contributed by atoms with van der Waals surface area (Å²) in [6.07, 6.45) is 8.64. The summed E-state index contributed by atoms with van der Waals surface area (Å²) >= 11 is 0. The number of carbonyl (C=O) groups excluding carboxylic acids is 3. The van der Waals surface area contributed by atoms with Crippen molar-refractivity contribution < 1.29 is 58.9 Å². The highest BCUT2D eigenvalue weighted by Gasteiger charge is 2.50. The van der Waals surface area contributed by atoms with Gasteiger partial charge in [0.25, 0.3) is 11.7 Å². The minimum absolute atomic E-state index is 0.0564. The highest BCUT2D eigenvalue weighted by Crippen LogP contribution is 2.55. The van der Waals surface area contributed by atoms with Crippen molar-refractivity contribution in [3.8, 4) is 23.0 Å². The molecule has 15 nitrogen and oxygen atoms in total. The van der Waals surface area contributed by atoms with Gasteiger partial charge in [0.1, 0.15) is 23.4 Å². The number of benzene rings is 2. The normalized spacial score (nSPS) is 32.1. The second-order valence-electron chi connectivity index (χ2n) is 16.0. The first kappa shape index (κ1) is 44.0. The fourth-order valence-corrected chi connectivity index (χ4v) is 8.13. The lowest BCUT2D eigenvalue weighted by atomic mass is 9.78. The average molecular weight is 808 g/mol. The zero-order chi connectivity index (χ0) is 42.8. The Kier molecular flexibility index (Phi) is 13.5. The van der Waals surface area contributed by atoms with Gasteiger partial charge in [0.2, 0.25) is 0 Å². The van der Waals surface area contributed by atoms with E-state index < -0.39 is 88.8 Å². The minimum Gasteiger partial charge on any atom is -0.507 e. The molecule has 0 radical (unpaired) electrons. The third kappa shape index (κ3) is 8.52. The van der Waals surface area contributed by atoms with Crippen LogP contribution in [0.15, 0.2) is 41.2 Å². The summed E-state index contributed by atoms with van der Waals surface area (Å²) in [5.41, 5.74) is 2.68. The number of esters is 1. The van der Waals surface area contributed by atoms with E-state index in [9.17, 15) is 39.9 Å². The molecule has 9 atom stereocenters. The number of hydrogen-bond acceptors (Lipinski definition) is 14. The van der Waals surface area contributed by atoms with Gasteiger partial charge in [0, 0.05) is 67.2 Å². The molecule has 4 aliphatic rings. The first-order chi connectivity index (χ1) is 27.3. The summed E-state index contributed by atoms with van der Waals surface area (Å²) in [6.45, 7) is 12.5. The average Bonchev–Trinajstić information content (AvgIpc) is 3.80. The van der Waals surface area contributed by atoms with Gasteiger partial charge >= 0.3 is 11.8 Å². The van der Waals surface area contributed by atoms with Gasteiger partial charge in [-0.05, 0) is 32.8 Å². The topological polar surface area (TPSA) is 226 Å². The van der Waals surface area contributed by atoms with E-state index in [0.29, 0.717) is 0 Å². The van der Waals surface area contributed by atoms with Crippen molar-refractivity contribution in [1.29, 1.82) is 0 Å². The molecule has 6 rings (SSSR count). The van der Waals surface area contributed by atoms with Crippen LogP contribution in [0.3, 0.4) is 0 Å². The molecule has 1 aliphatic carbocycles. The summed E-state index contributed by atoms with van der Waals surface area (Å²) < 4.78 is 23.6. The Hall–Kier alpha value is -5.12. The number of phenols is 3. The van der Waals surface area contributed by atoms with Crippen LogP contribution in [-0.4, -0.2) is 92.8 Å². The number of fused-ring (bicyclic) bond motifs is 14. The zero-order valence-electron chi connectivity index (χ0n) is 34.5. The number of methoxy groups -OCH3 is 1. The predicted molar refractivity (Wildman–Crippen MR) is 217 cm³/mol. The molecule has 3 aliphatic heterocycles. The van der Waals surface area contributed by atoms with Gasteiger partial charge in [0.15, 0.2) is 5.75 Å². The van der Waals surface area contributed by atoms with Crippen molar-refractivity contribution in [2.45, 2.75) is 117 Å². The number of nitrogens with zero attached hydrogens (tertiary/aromatic N) is 1. The van der Waals surface area contributed by atoms with Crippen LogP contribution in [0.1, 0.15) is 95.6 Å². The molecule has 15 heteroatoms. The number of amides is 1. The number of phenolic OH excluding ortho intramolecular Hbond substituents is 3. The molecule has 1 amide bonds. The van der Waals surface area contributed by atoms with Crippen molar-refractivity contribution in [3.63, 3.8) is 0 Å². The summed E-state index contributed by atoms with van der Waals surface area (Å²) in [5, 5.41) is 64.6. The number of aliphatic hydroxyl groups is 2. The Morgan fingerprint density at radius 1 is 0.966 bits per heavy atom. The number of Topliss-reactive ketones (excluding diaryl/α,β-unsaturated/α-hetero) is 1. The standard InChI is InChI=1S/C43H57N3O12/c1-20-13-12-14-21(2)42(54)45-33-28(19-44-46-27-15-10-11-16-27)37(51)30-31(38(33)52)36(50)25(6)40-32(30)41(53)43(8,58-40)56-18-17-29(55-9)22(3)39(57-26(7)47)24(5)35(49)23(4)34(20)48/h12-14,17-20,22-24,27,29,34-35,39,46,48-52H,10-11,15-16H2,1-9H3,(H,45,54)/b13-12+,18-17+,21-14+,44-19?. The second-order valence-corrected chi connectivity index (χ2v) is 16.0. The number of nitrogens with one attached hydrogen (secondary N) is 2. The number of aliphatic hydroxyl groups excluding tert-OH is 2. The van der Waals surface area contributed by atoms with Gasteiger partial charge in [-0.1, -0.05) is 58.8 Å². The molecule has 0 spiro atoms. The Bertz CT molecular complexity index is 2040. The Morgan fingerprint density at radius 2 is 1.64 bits per heavy atom. The highest BCUT2D eigenvalue weighted by molar-refractivity contribution is 6.23. The molecule has 7 N–H and O–H groups in total. The zero-order valence-corrected chi connectivity index (χ0v) is 34.5. The van der Waals surface area contributed by atoms with Gasteiger partial charge in [0.05, 0.1) is 53.0 Å². The summed E-state index contributed by atoms with van der Waals surface area (Å²) in [5.74, 6) is -8.34. The number of rotatable bonds is 5. The van der Waals surface area contributed by atoms with E-state index in [0.717, 1.165) is 25.7 Å². The molecular formula is C43H57N3O12. The monoisotopic (exact) mass is 807 g/mol. The predicted octanol–water partition coefficient (Wildman–Crippen LogP) is 5.62. The maximum absolute atomic E-state index is 14.4. The van der Waals surface area contributed by atoms with Crippen LogP contribution in [0.4, 0.5) is 5.69 Å². The molecule has 1 saturated carbocycles. The van der Waals surface area contributed by atoms with E-state index in [1.165, 1.54) is 59.4 Å². The largest absolute Gasteiger partial charge is 0.507 e. The first-order valence-electron chi connectivity index (χ1n) is 19.7. The summed E-state index contributed by atoms with van der Waals surface area (Å²) in [4.78, 5) is 40.4. The second kappa shape index (κ2) is 17.8. The quantitative estimate of drug-likeness (QED) is 0.0641. The molecule has 9 unspecified atom stereocenters. The molecule has 0 saturated heterocycles. The Balaban J connectivity index is 1.69. The number of carbonyl (C=O) groups is 3. The number of aromatic hydroxyl groups is 3. The molecule has 3 heterocycles. The van der Waals surface area contributed by atoms with E-state index in [1.54, 1.807) is 39.8 Å². The number of ether oxygens (including phenoxy) is 4. The number of hydrazone groups is 1. The number of ketones is 1. The number of anilines is 1. The van der Waals surface area contributed by atoms with Crippen molar-refractivity contribution in [3.05, 3.63) is 52.8 Å². The van der Waals surface area contributed by atoms with E-state index >= 15 is 0 Å². The third-order valence-corrected chi connectivity index (χ3v) is 11.8. The van der Waals surface area contributed by atoms with Crippen LogP contribution >= 0.6 is 0 Å². The Morgan fingerprint density at radius 3 is 2.28 bits per heavy atom. The van der Waals surface area contributed by atoms with Gasteiger partial charge in [-0.3, -0.25) is 14.4 Å². The van der Waals surface area contributed by atoms with E-state index in [4.69, 9.17) is 18.9 Å². The van der Waals surface area contributed by atoms with E-state index in [1.807, 2.05) is 0 Å². The van der Waals surface area contributed by atoms with Crippen LogP contribution < -0.4 is 15.5 Å². The van der Waals surface area contributed by atoms with Crippen molar-refractivity contribution in [2.24, 2.45) is 28.8 Å². The van der Waals surface area contributed by atoms with Gasteiger partial charge in [-0.15, -0.1) is 0 Å². The first-order valence-corrected chi connectivity index (χ1v) is 19.7. The molecule has 2 aromatic carbocycles. The minimum atomic E-state index is -2.04. The van der Waals surface area contributed by atoms with Crippen molar-refractivity contribution >= 4 is 40.3 Å². The fourth-order valence-electron chi connectivity index (χ4n) is 8.13. The lowest BCUT2D eigenvalue weighted by Crippen LogP contribution is -2.46. The smallest absolute Gasteiger partial charge is 0.312 e. The van der Waals surface area contributed by atoms with Crippen LogP contribution in [0.5, 0.6) is 23.0 Å². The number of allylic oxidation sites excluding steroid dienone is 2. The maximum atomic E-state index is 14.4. The maximum Gasteiger partial charge on any atom is 0.312 e. The number of hydrogen-bond donors (Lipinski definition) is 7. The van der Waals surface area contributed by atoms with E-state index in [-0.39, 0.29) is 50.5 Å². The van der Waals surface area contributed by atoms with Crippen LogP contribution in [0, 0.1) is 30.6 Å².